The van der Waals surface area contributed by atoms with Gasteiger partial charge in [0.25, 0.3) is 11.8 Å². The number of para-hydroxylation sites is 1. The number of amides is 4. The zero-order valence-electron chi connectivity index (χ0n) is 18.0. The lowest BCUT2D eigenvalue weighted by molar-refractivity contribution is -0.385. The van der Waals surface area contributed by atoms with Crippen LogP contribution in [0, 0.1) is 10.1 Å². The smallest absolute Gasteiger partial charge is 0.416 e. The van der Waals surface area contributed by atoms with Crippen molar-refractivity contribution in [3.63, 3.8) is 0 Å². The third kappa shape index (κ3) is 4.92. The summed E-state index contributed by atoms with van der Waals surface area (Å²) in [5.74, 6) is -2.25. The second kappa shape index (κ2) is 9.33. The Morgan fingerprint density at radius 1 is 0.944 bits per heavy atom. The first-order chi connectivity index (χ1) is 17.0. The molecule has 12 heteroatoms. The van der Waals surface area contributed by atoms with Crippen molar-refractivity contribution < 1.29 is 37.2 Å². The molecular weight excluding hydrogens is 483 g/mol. The maximum absolute atomic E-state index is 12.9. The Bertz CT molecular complexity index is 1420. The highest BCUT2D eigenvalue weighted by molar-refractivity contribution is 6.39. The van der Waals surface area contributed by atoms with Crippen LogP contribution in [0.2, 0.25) is 0 Å². The first-order valence-corrected chi connectivity index (χ1v) is 10.1. The van der Waals surface area contributed by atoms with Gasteiger partial charge in [-0.2, -0.15) is 13.2 Å². The monoisotopic (exact) mass is 497 g/mol. The highest BCUT2D eigenvalue weighted by atomic mass is 19.4. The fourth-order valence-corrected chi connectivity index (χ4v) is 3.35. The Hall–Kier alpha value is -5.00. The molecule has 0 bridgehead atoms. The van der Waals surface area contributed by atoms with Crippen LogP contribution >= 0.6 is 0 Å². The summed E-state index contributed by atoms with van der Waals surface area (Å²) in [5, 5.41) is 13.4. The number of nitrogens with one attached hydrogen (secondary N) is 1. The molecule has 1 heterocycles. The van der Waals surface area contributed by atoms with Crippen LogP contribution in [0.25, 0.3) is 6.08 Å². The van der Waals surface area contributed by atoms with Gasteiger partial charge in [0.1, 0.15) is 11.3 Å². The minimum absolute atomic E-state index is 0.00753. The van der Waals surface area contributed by atoms with E-state index in [-0.39, 0.29) is 22.6 Å². The average Bonchev–Trinajstić information content (AvgIpc) is 2.82. The summed E-state index contributed by atoms with van der Waals surface area (Å²) in [4.78, 5) is 48.6. The molecule has 3 aromatic carbocycles. The quantitative estimate of drug-likeness (QED) is 0.228. The summed E-state index contributed by atoms with van der Waals surface area (Å²) in [7, 11) is 0. The molecule has 0 aromatic heterocycles. The van der Waals surface area contributed by atoms with Gasteiger partial charge in [0.05, 0.1) is 16.2 Å². The van der Waals surface area contributed by atoms with Gasteiger partial charge in [0.2, 0.25) is 5.75 Å². The fourth-order valence-electron chi connectivity index (χ4n) is 3.35. The summed E-state index contributed by atoms with van der Waals surface area (Å²) < 4.78 is 44.2. The van der Waals surface area contributed by atoms with E-state index >= 15 is 0 Å². The Labute approximate surface area is 200 Å². The molecule has 182 valence electrons. The molecule has 36 heavy (non-hydrogen) atoms. The van der Waals surface area contributed by atoms with Gasteiger partial charge >= 0.3 is 17.9 Å². The van der Waals surface area contributed by atoms with Crippen molar-refractivity contribution in [2.75, 3.05) is 4.90 Å². The van der Waals surface area contributed by atoms with Gasteiger partial charge in [-0.1, -0.05) is 30.3 Å². The maximum Gasteiger partial charge on any atom is 0.416 e. The summed E-state index contributed by atoms with van der Waals surface area (Å²) >= 11 is 0. The number of hydrogen-bond acceptors (Lipinski definition) is 6. The van der Waals surface area contributed by atoms with Crippen molar-refractivity contribution in [1.82, 2.24) is 5.32 Å². The number of urea groups is 1. The van der Waals surface area contributed by atoms with Gasteiger partial charge in [-0.15, -0.1) is 0 Å². The Morgan fingerprint density at radius 2 is 1.67 bits per heavy atom. The van der Waals surface area contributed by atoms with Gasteiger partial charge in [-0.25, -0.2) is 9.69 Å². The summed E-state index contributed by atoms with van der Waals surface area (Å²) in [5.41, 5.74) is -1.98. The number of rotatable bonds is 5. The molecule has 1 aliphatic rings. The minimum Gasteiger partial charge on any atom is -0.450 e. The largest absolute Gasteiger partial charge is 0.450 e. The van der Waals surface area contributed by atoms with Crippen LogP contribution in [0.3, 0.4) is 0 Å². The predicted molar refractivity (Wildman–Crippen MR) is 120 cm³/mol. The van der Waals surface area contributed by atoms with Crippen LogP contribution in [0.4, 0.5) is 29.3 Å². The lowest BCUT2D eigenvalue weighted by Gasteiger charge is -2.26. The molecule has 1 N–H and O–H groups in total. The molecular formula is C24H14F3N3O6. The summed E-state index contributed by atoms with van der Waals surface area (Å²) in [6.07, 6.45) is -3.59. The number of imide groups is 2. The molecule has 1 saturated heterocycles. The molecule has 3 aromatic rings. The summed E-state index contributed by atoms with van der Waals surface area (Å²) in [6.45, 7) is 0. The number of hydrogen-bond donors (Lipinski definition) is 1. The van der Waals surface area contributed by atoms with E-state index in [2.05, 4.69) is 5.32 Å². The van der Waals surface area contributed by atoms with Crippen molar-refractivity contribution in [3.05, 3.63) is 99.6 Å². The van der Waals surface area contributed by atoms with E-state index in [0.29, 0.717) is 12.1 Å². The second-order valence-electron chi connectivity index (χ2n) is 7.41. The van der Waals surface area contributed by atoms with E-state index < -0.39 is 45.9 Å². The van der Waals surface area contributed by atoms with Crippen LogP contribution < -0.4 is 15.0 Å². The van der Waals surface area contributed by atoms with Crippen molar-refractivity contribution in [2.24, 2.45) is 0 Å². The standard InChI is InChI=1S/C24H14F3N3O6/c25-24(26,27)15-9-10-20(19(13-15)30(34)35)36-17-8-4-5-14(11-17)12-18-21(31)28-23(33)29(22(18)32)16-6-2-1-3-7-16/h1-13H,(H,28,31,33)/b18-12-. The zero-order chi connectivity index (χ0) is 26.0. The van der Waals surface area contributed by atoms with Gasteiger partial charge in [-0.05, 0) is 48.0 Å². The predicted octanol–water partition coefficient (Wildman–Crippen LogP) is 5.07. The topological polar surface area (TPSA) is 119 Å². The van der Waals surface area contributed by atoms with E-state index in [1.165, 1.54) is 42.5 Å². The third-order valence-corrected chi connectivity index (χ3v) is 5.00. The number of barbiturate groups is 1. The molecule has 0 unspecified atom stereocenters. The second-order valence-corrected chi connectivity index (χ2v) is 7.41. The highest BCUT2D eigenvalue weighted by Gasteiger charge is 2.37. The maximum atomic E-state index is 12.9. The number of halogens is 3. The number of nitro benzene ring substituents is 1. The summed E-state index contributed by atoms with van der Waals surface area (Å²) in [6, 6.07) is 14.5. The Morgan fingerprint density at radius 3 is 2.33 bits per heavy atom. The zero-order valence-corrected chi connectivity index (χ0v) is 18.0. The van der Waals surface area contributed by atoms with Crippen LogP contribution in [0.15, 0.2) is 78.4 Å². The van der Waals surface area contributed by atoms with Gasteiger partial charge in [-0.3, -0.25) is 25.0 Å². The van der Waals surface area contributed by atoms with E-state index in [1.54, 1.807) is 18.2 Å². The molecule has 0 aliphatic carbocycles. The molecule has 0 atom stereocenters. The van der Waals surface area contributed by atoms with Crippen LogP contribution in [-0.4, -0.2) is 22.8 Å². The molecule has 0 radical (unpaired) electrons. The van der Waals surface area contributed by atoms with E-state index in [9.17, 15) is 37.7 Å². The van der Waals surface area contributed by atoms with Gasteiger partial charge in [0.15, 0.2) is 0 Å². The molecule has 9 nitrogen and oxygen atoms in total. The van der Waals surface area contributed by atoms with Gasteiger partial charge in [0, 0.05) is 6.07 Å². The lowest BCUT2D eigenvalue weighted by Crippen LogP contribution is -2.54. The van der Waals surface area contributed by atoms with E-state index in [1.807, 2.05) is 0 Å². The number of alkyl halides is 3. The van der Waals surface area contributed by atoms with Crippen molar-refractivity contribution in [3.8, 4) is 11.5 Å². The number of nitro groups is 1. The SMILES string of the molecule is O=C1NC(=O)N(c2ccccc2)C(=O)/C1=C\c1cccc(Oc2ccc(C(F)(F)F)cc2[N+](=O)[O-])c1. The number of anilines is 1. The third-order valence-electron chi connectivity index (χ3n) is 5.00. The molecule has 1 aliphatic heterocycles. The lowest BCUT2D eigenvalue weighted by atomic mass is 10.1. The van der Waals surface area contributed by atoms with E-state index in [4.69, 9.17) is 4.74 Å². The molecule has 0 spiro atoms. The fraction of sp³-hybridized carbons (Fsp3) is 0.0417. The first kappa shape index (κ1) is 24.1. The number of benzene rings is 3. The van der Waals surface area contributed by atoms with Crippen molar-refractivity contribution in [2.45, 2.75) is 6.18 Å². The Balaban J connectivity index is 1.65. The van der Waals surface area contributed by atoms with Crippen LogP contribution in [-0.2, 0) is 15.8 Å². The number of nitrogens with zero attached hydrogens (tertiary/aromatic N) is 2. The highest BCUT2D eigenvalue weighted by Crippen LogP contribution is 2.38. The van der Waals surface area contributed by atoms with Crippen LogP contribution in [0.5, 0.6) is 11.5 Å². The van der Waals surface area contributed by atoms with Crippen molar-refractivity contribution in [1.29, 1.82) is 0 Å². The number of carbonyl (C=O) groups excluding carboxylic acids is 3. The van der Waals surface area contributed by atoms with Gasteiger partial charge < -0.3 is 4.74 Å². The number of carbonyl (C=O) groups is 3. The molecule has 0 saturated carbocycles. The molecule has 4 rings (SSSR count). The Kier molecular flexibility index (Phi) is 6.26. The normalized spacial score (nSPS) is 15.1. The van der Waals surface area contributed by atoms with Crippen LogP contribution in [0.1, 0.15) is 11.1 Å². The minimum atomic E-state index is -4.78. The molecule has 1 fully saturated rings. The van der Waals surface area contributed by atoms with Crippen molar-refractivity contribution >= 4 is 35.3 Å². The first-order valence-electron chi connectivity index (χ1n) is 10.1. The molecule has 4 amide bonds. The number of ether oxygens (including phenoxy) is 1. The average molecular weight is 497 g/mol. The van der Waals surface area contributed by atoms with E-state index in [0.717, 1.165) is 11.0 Å².